The Bertz CT molecular complexity index is 99.9. The van der Waals surface area contributed by atoms with Gasteiger partial charge in [0.1, 0.15) is 5.17 Å². The van der Waals surface area contributed by atoms with Crippen LogP contribution in [0.3, 0.4) is 0 Å². The summed E-state index contributed by atoms with van der Waals surface area (Å²) < 4.78 is 0. The molecule has 0 spiro atoms. The van der Waals surface area contributed by atoms with Crippen LogP contribution >= 0.6 is 11.6 Å². The fraction of sp³-hybridized carbons (Fsp3) is 0.500. The highest BCUT2D eigenvalue weighted by Crippen LogP contribution is 2.03. The number of halogens is 1. The zero-order chi connectivity index (χ0) is 5.28. The van der Waals surface area contributed by atoms with Crippen molar-refractivity contribution in [2.45, 2.75) is 0 Å². The molecule has 3 heteroatoms. The molecular formula is C4H6ClN2. The van der Waals surface area contributed by atoms with E-state index in [0.29, 0.717) is 11.8 Å². The molecule has 0 aliphatic carbocycles. The first kappa shape index (κ1) is 5.06. The van der Waals surface area contributed by atoms with Gasteiger partial charge in [0.2, 0.25) is 0 Å². The Kier molecular flexibility index (Phi) is 1.30. The zero-order valence-corrected chi connectivity index (χ0v) is 4.81. The topological polar surface area (TPSA) is 15.6 Å². The minimum absolute atomic E-state index is 0.600. The maximum Gasteiger partial charge on any atom is 0.121 e. The second kappa shape index (κ2) is 1.80. The molecule has 1 rings (SSSR count). The number of hydrogen-bond acceptors (Lipinski definition) is 2. The Hall–Kier alpha value is -0.0800. The summed E-state index contributed by atoms with van der Waals surface area (Å²) in [5, 5.41) is 0.600. The largest absolute Gasteiger partial charge is 0.276 e. The zero-order valence-electron chi connectivity index (χ0n) is 4.06. The highest BCUT2D eigenvalue weighted by atomic mass is 35.5. The van der Waals surface area contributed by atoms with Crippen LogP contribution in [0.25, 0.3) is 0 Å². The lowest BCUT2D eigenvalue weighted by atomic mass is 10.7. The third-order valence-electron chi connectivity index (χ3n) is 0.772. The molecule has 0 atom stereocenters. The lowest BCUT2D eigenvalue weighted by molar-refractivity contribution is 0.470. The highest BCUT2D eigenvalue weighted by molar-refractivity contribution is 6.67. The molecule has 2 nitrogen and oxygen atoms in total. The number of rotatable bonds is 0. The van der Waals surface area contributed by atoms with Crippen molar-refractivity contribution < 1.29 is 0 Å². The molecule has 1 radical (unpaired) electrons. The van der Waals surface area contributed by atoms with Crippen LogP contribution in [-0.4, -0.2) is 23.8 Å². The van der Waals surface area contributed by atoms with Crippen molar-refractivity contribution in [3.63, 3.8) is 0 Å². The molecule has 0 aromatic carbocycles. The lowest BCUT2D eigenvalue weighted by Crippen LogP contribution is -2.09. The lowest BCUT2D eigenvalue weighted by Gasteiger charge is -1.99. The molecular weight excluding hydrogens is 112 g/mol. The molecule has 1 aliphatic heterocycles. The molecule has 1 aliphatic rings. The van der Waals surface area contributed by atoms with Crippen molar-refractivity contribution >= 4 is 16.8 Å². The van der Waals surface area contributed by atoms with Gasteiger partial charge in [0.05, 0.1) is 13.2 Å². The van der Waals surface area contributed by atoms with E-state index in [9.17, 15) is 0 Å². The molecule has 0 N–H and O–H groups in total. The summed E-state index contributed by atoms with van der Waals surface area (Å²) in [5.74, 6) is 0. The fourth-order valence-electron chi connectivity index (χ4n) is 0.443. The van der Waals surface area contributed by atoms with Crippen molar-refractivity contribution in [2.24, 2.45) is 4.99 Å². The van der Waals surface area contributed by atoms with Gasteiger partial charge in [-0.05, 0) is 7.05 Å². The molecule has 0 unspecified atom stereocenters. The average molecular weight is 118 g/mol. The first-order chi connectivity index (χ1) is 3.29. The number of nitrogens with zero attached hydrogens (tertiary/aromatic N) is 2. The van der Waals surface area contributed by atoms with E-state index < -0.39 is 0 Å². The summed E-state index contributed by atoms with van der Waals surface area (Å²) in [5.41, 5.74) is 0. The maximum absolute atomic E-state index is 5.46. The van der Waals surface area contributed by atoms with Crippen molar-refractivity contribution in [2.75, 3.05) is 13.7 Å². The van der Waals surface area contributed by atoms with Crippen LogP contribution in [0.2, 0.25) is 0 Å². The summed E-state index contributed by atoms with van der Waals surface area (Å²) in [4.78, 5) is 5.79. The van der Waals surface area contributed by atoms with Crippen LogP contribution in [0.5, 0.6) is 0 Å². The SMILES string of the molecule is CN1[CH]C(Cl)=NC1. The van der Waals surface area contributed by atoms with E-state index in [4.69, 9.17) is 11.6 Å². The van der Waals surface area contributed by atoms with Crippen molar-refractivity contribution in [1.82, 2.24) is 4.90 Å². The fourth-order valence-corrected chi connectivity index (χ4v) is 0.663. The maximum atomic E-state index is 5.46. The van der Waals surface area contributed by atoms with E-state index in [1.54, 1.807) is 6.54 Å². The summed E-state index contributed by atoms with van der Waals surface area (Å²) in [7, 11) is 1.93. The normalized spacial score (nSPS) is 22.9. The van der Waals surface area contributed by atoms with Gasteiger partial charge < -0.3 is 0 Å². The van der Waals surface area contributed by atoms with Gasteiger partial charge in [-0.3, -0.25) is 9.89 Å². The number of aliphatic imine (C=N–C) groups is 1. The summed E-state index contributed by atoms with van der Waals surface area (Å²) in [6.07, 6.45) is 0. The Labute approximate surface area is 47.8 Å². The first-order valence-electron chi connectivity index (χ1n) is 2.04. The Morgan fingerprint density at radius 2 is 2.71 bits per heavy atom. The van der Waals surface area contributed by atoms with Crippen molar-refractivity contribution in [3.8, 4) is 0 Å². The molecule has 0 bridgehead atoms. The second-order valence-electron chi connectivity index (χ2n) is 1.51. The smallest absolute Gasteiger partial charge is 0.121 e. The van der Waals surface area contributed by atoms with Gasteiger partial charge in [-0.2, -0.15) is 0 Å². The predicted octanol–water partition coefficient (Wildman–Crippen LogP) is 0.688. The van der Waals surface area contributed by atoms with Gasteiger partial charge in [0, 0.05) is 0 Å². The van der Waals surface area contributed by atoms with E-state index in [-0.39, 0.29) is 0 Å². The molecule has 0 saturated heterocycles. The Balaban J connectivity index is 2.42. The molecule has 0 saturated carbocycles. The number of hydrogen-bond donors (Lipinski definition) is 0. The standard InChI is InChI=1S/C4H6ClN2/c1-7-2-4(5)6-3-7/h2H,3H2,1H3. The Morgan fingerprint density at radius 1 is 2.00 bits per heavy atom. The molecule has 0 aromatic rings. The third kappa shape index (κ3) is 1.14. The molecule has 0 aromatic heterocycles. The van der Waals surface area contributed by atoms with Crippen LogP contribution in [0.1, 0.15) is 0 Å². The van der Waals surface area contributed by atoms with Crippen molar-refractivity contribution in [3.05, 3.63) is 6.54 Å². The van der Waals surface area contributed by atoms with E-state index in [1.807, 2.05) is 11.9 Å². The van der Waals surface area contributed by atoms with Crippen LogP contribution in [0.15, 0.2) is 4.99 Å². The highest BCUT2D eigenvalue weighted by Gasteiger charge is 2.07. The van der Waals surface area contributed by atoms with Crippen LogP contribution in [-0.2, 0) is 0 Å². The second-order valence-corrected chi connectivity index (χ2v) is 1.90. The molecule has 39 valence electrons. The van der Waals surface area contributed by atoms with Crippen LogP contribution in [0.4, 0.5) is 0 Å². The van der Waals surface area contributed by atoms with E-state index in [1.165, 1.54) is 0 Å². The molecule has 1 heterocycles. The van der Waals surface area contributed by atoms with Crippen molar-refractivity contribution in [1.29, 1.82) is 0 Å². The first-order valence-corrected chi connectivity index (χ1v) is 2.42. The van der Waals surface area contributed by atoms with Gasteiger partial charge in [-0.25, -0.2) is 0 Å². The summed E-state index contributed by atoms with van der Waals surface area (Å²) in [6.45, 7) is 2.50. The minimum atomic E-state index is 0.600. The van der Waals surface area contributed by atoms with Crippen LogP contribution < -0.4 is 0 Å². The summed E-state index contributed by atoms with van der Waals surface area (Å²) >= 11 is 5.46. The monoisotopic (exact) mass is 117 g/mol. The molecule has 0 amide bonds. The van der Waals surface area contributed by atoms with Crippen LogP contribution in [0, 0.1) is 6.54 Å². The summed E-state index contributed by atoms with van der Waals surface area (Å²) in [6, 6.07) is 0. The quantitative estimate of drug-likeness (QED) is 0.456. The minimum Gasteiger partial charge on any atom is -0.276 e. The van der Waals surface area contributed by atoms with Gasteiger partial charge in [0.15, 0.2) is 0 Å². The average Bonchev–Trinajstić information content (AvgIpc) is 1.87. The van der Waals surface area contributed by atoms with Gasteiger partial charge in [-0.1, -0.05) is 11.6 Å². The van der Waals surface area contributed by atoms with E-state index >= 15 is 0 Å². The molecule has 7 heavy (non-hydrogen) atoms. The van der Waals surface area contributed by atoms with Gasteiger partial charge in [0.25, 0.3) is 0 Å². The van der Waals surface area contributed by atoms with E-state index in [2.05, 4.69) is 4.99 Å². The van der Waals surface area contributed by atoms with Gasteiger partial charge in [-0.15, -0.1) is 0 Å². The predicted molar refractivity (Wildman–Crippen MR) is 30.2 cm³/mol. The third-order valence-corrected chi connectivity index (χ3v) is 0.989. The van der Waals surface area contributed by atoms with E-state index in [0.717, 1.165) is 0 Å². The van der Waals surface area contributed by atoms with Gasteiger partial charge >= 0.3 is 0 Å². The molecule has 0 fully saturated rings. The Morgan fingerprint density at radius 3 is 2.86 bits per heavy atom.